The van der Waals surface area contributed by atoms with Crippen LogP contribution in [0, 0.1) is 10.1 Å². The van der Waals surface area contributed by atoms with Gasteiger partial charge in [-0.2, -0.15) is 0 Å². The highest BCUT2D eigenvalue weighted by molar-refractivity contribution is 7.16. The molecule has 0 amide bonds. The lowest BCUT2D eigenvalue weighted by molar-refractivity contribution is -0.383. The Bertz CT molecular complexity index is 496. The van der Waals surface area contributed by atoms with E-state index in [1.807, 2.05) is 11.9 Å². The summed E-state index contributed by atoms with van der Waals surface area (Å²) in [7, 11) is 1.93. The van der Waals surface area contributed by atoms with Crippen LogP contribution in [0.4, 0.5) is 10.7 Å². The topological polar surface area (TPSA) is 69.8 Å². The Morgan fingerprint density at radius 3 is 2.67 bits per heavy atom. The van der Waals surface area contributed by atoms with E-state index in [2.05, 4.69) is 11.8 Å². The van der Waals surface area contributed by atoms with E-state index in [4.69, 9.17) is 0 Å². The molecule has 6 nitrogen and oxygen atoms in total. The first-order chi connectivity index (χ1) is 9.93. The van der Waals surface area contributed by atoms with Crippen LogP contribution < -0.4 is 4.90 Å². The number of anilines is 1. The number of rotatable bonds is 5. The van der Waals surface area contributed by atoms with Crippen molar-refractivity contribution in [3.63, 3.8) is 0 Å². The van der Waals surface area contributed by atoms with Crippen molar-refractivity contribution in [1.29, 1.82) is 0 Å². The number of hydrogen-bond acceptors (Lipinski definition) is 6. The highest BCUT2D eigenvalue weighted by Crippen LogP contribution is 2.41. The molecule has 0 aliphatic carbocycles. The summed E-state index contributed by atoms with van der Waals surface area (Å²) in [5.74, 6) is 0. The molecule has 1 aromatic heterocycles. The minimum Gasteiger partial charge on any atom is -0.388 e. The highest BCUT2D eigenvalue weighted by Gasteiger charge is 2.29. The van der Waals surface area contributed by atoms with E-state index in [0.29, 0.717) is 15.9 Å². The first-order valence-electron chi connectivity index (χ1n) is 7.35. The van der Waals surface area contributed by atoms with E-state index < -0.39 is 6.10 Å². The maximum Gasteiger partial charge on any atom is 0.304 e. The zero-order chi connectivity index (χ0) is 15.6. The lowest BCUT2D eigenvalue weighted by atomic mass is 10.0. The van der Waals surface area contributed by atoms with Gasteiger partial charge in [-0.15, -0.1) is 11.3 Å². The molecule has 1 fully saturated rings. The van der Waals surface area contributed by atoms with E-state index in [0.717, 1.165) is 32.5 Å². The van der Waals surface area contributed by atoms with E-state index in [9.17, 15) is 15.2 Å². The third-order valence-corrected chi connectivity index (χ3v) is 5.58. The van der Waals surface area contributed by atoms with E-state index >= 15 is 0 Å². The van der Waals surface area contributed by atoms with Crippen molar-refractivity contribution in [2.24, 2.45) is 0 Å². The van der Waals surface area contributed by atoms with Crippen molar-refractivity contribution >= 4 is 22.0 Å². The van der Waals surface area contributed by atoms with Crippen molar-refractivity contribution in [3.05, 3.63) is 21.1 Å². The van der Waals surface area contributed by atoms with Gasteiger partial charge in [0.25, 0.3) is 0 Å². The van der Waals surface area contributed by atoms with Crippen molar-refractivity contribution in [2.45, 2.75) is 38.8 Å². The molecule has 0 saturated carbocycles. The van der Waals surface area contributed by atoms with Gasteiger partial charge in [-0.3, -0.25) is 10.1 Å². The summed E-state index contributed by atoms with van der Waals surface area (Å²) in [6.07, 6.45) is 1.37. The molecule has 1 aliphatic rings. The molecule has 118 valence electrons. The molecule has 0 radical (unpaired) electrons. The summed E-state index contributed by atoms with van der Waals surface area (Å²) < 4.78 is 0. The predicted molar refractivity (Wildman–Crippen MR) is 85.1 cm³/mol. The van der Waals surface area contributed by atoms with Crippen LogP contribution in [0.15, 0.2) is 6.07 Å². The molecule has 1 N–H and O–H groups in total. The Kier molecular flexibility index (Phi) is 5.18. The van der Waals surface area contributed by atoms with Crippen LogP contribution in [0.25, 0.3) is 0 Å². The summed E-state index contributed by atoms with van der Waals surface area (Å²) >= 11 is 1.32. The lowest BCUT2D eigenvalue weighted by Gasteiger charge is -2.36. The van der Waals surface area contributed by atoms with Gasteiger partial charge in [0.2, 0.25) is 0 Å². The van der Waals surface area contributed by atoms with E-state index in [1.165, 1.54) is 17.4 Å². The van der Waals surface area contributed by atoms with E-state index in [1.54, 1.807) is 6.92 Å². The second kappa shape index (κ2) is 6.72. The number of piperidine rings is 1. The van der Waals surface area contributed by atoms with Gasteiger partial charge < -0.3 is 14.9 Å². The highest BCUT2D eigenvalue weighted by atomic mass is 32.1. The third kappa shape index (κ3) is 3.53. The SMILES string of the molecule is CCN1CCC(N(C)c2sc(C(C)O)cc2[N+](=O)[O-])CC1. The zero-order valence-electron chi connectivity index (χ0n) is 12.8. The summed E-state index contributed by atoms with van der Waals surface area (Å²) in [5.41, 5.74) is 0.108. The number of aliphatic hydroxyl groups is 1. The normalized spacial score (nSPS) is 18.7. The van der Waals surface area contributed by atoms with Gasteiger partial charge in [0.1, 0.15) is 0 Å². The van der Waals surface area contributed by atoms with Crippen LogP contribution in [0.5, 0.6) is 0 Å². The lowest BCUT2D eigenvalue weighted by Crippen LogP contribution is -2.43. The molecule has 21 heavy (non-hydrogen) atoms. The molecular formula is C14H23N3O3S. The molecule has 0 aromatic carbocycles. The van der Waals surface area contributed by atoms with Crippen LogP contribution >= 0.6 is 11.3 Å². The van der Waals surface area contributed by atoms with Gasteiger partial charge in [-0.25, -0.2) is 0 Å². The quantitative estimate of drug-likeness (QED) is 0.668. The first kappa shape index (κ1) is 16.2. The molecule has 1 unspecified atom stereocenters. The van der Waals surface area contributed by atoms with Gasteiger partial charge >= 0.3 is 5.69 Å². The summed E-state index contributed by atoms with van der Waals surface area (Å²) in [6.45, 7) is 6.92. The molecule has 2 heterocycles. The average molecular weight is 313 g/mol. The molecule has 1 aliphatic heterocycles. The van der Waals surface area contributed by atoms with E-state index in [-0.39, 0.29) is 10.6 Å². The Morgan fingerprint density at radius 1 is 1.57 bits per heavy atom. The first-order valence-corrected chi connectivity index (χ1v) is 8.17. The van der Waals surface area contributed by atoms with Crippen molar-refractivity contribution in [2.75, 3.05) is 31.6 Å². The van der Waals surface area contributed by atoms with Crippen LogP contribution in [-0.4, -0.2) is 47.7 Å². The van der Waals surface area contributed by atoms with Gasteiger partial charge in [0, 0.05) is 37.1 Å². The maximum atomic E-state index is 11.2. The zero-order valence-corrected chi connectivity index (χ0v) is 13.6. The fourth-order valence-corrected chi connectivity index (χ4v) is 3.86. The number of thiophene rings is 1. The second-order valence-corrected chi connectivity index (χ2v) is 6.61. The molecule has 1 saturated heterocycles. The van der Waals surface area contributed by atoms with Crippen molar-refractivity contribution < 1.29 is 10.0 Å². The molecule has 2 rings (SSSR count). The van der Waals surface area contributed by atoms with Crippen molar-refractivity contribution in [3.8, 4) is 0 Å². The fourth-order valence-electron chi connectivity index (χ4n) is 2.77. The Labute approximate surface area is 129 Å². The molecule has 0 bridgehead atoms. The average Bonchev–Trinajstić information content (AvgIpc) is 2.92. The Hall–Kier alpha value is -1.18. The second-order valence-electron chi connectivity index (χ2n) is 5.55. The number of hydrogen-bond donors (Lipinski definition) is 1. The molecule has 0 spiro atoms. The van der Waals surface area contributed by atoms with Crippen LogP contribution in [0.2, 0.25) is 0 Å². The number of nitro groups is 1. The standard InChI is InChI=1S/C14H23N3O3S/c1-4-16-7-5-11(6-8-16)15(3)14-12(17(19)20)9-13(21-14)10(2)18/h9-11,18H,4-8H2,1-3H3. The third-order valence-electron chi connectivity index (χ3n) is 4.19. The summed E-state index contributed by atoms with van der Waals surface area (Å²) in [4.78, 5) is 16.0. The largest absolute Gasteiger partial charge is 0.388 e. The van der Waals surface area contributed by atoms with Crippen LogP contribution in [0.3, 0.4) is 0 Å². The molecule has 1 atom stereocenters. The fraction of sp³-hybridized carbons (Fsp3) is 0.714. The minimum atomic E-state index is -0.669. The van der Waals surface area contributed by atoms with Crippen LogP contribution in [-0.2, 0) is 0 Å². The van der Waals surface area contributed by atoms with Crippen molar-refractivity contribution in [1.82, 2.24) is 4.90 Å². The van der Waals surface area contributed by atoms with Crippen LogP contribution in [0.1, 0.15) is 37.7 Å². The molecular weight excluding hydrogens is 290 g/mol. The monoisotopic (exact) mass is 313 g/mol. The number of likely N-dealkylation sites (tertiary alicyclic amines) is 1. The van der Waals surface area contributed by atoms with Gasteiger partial charge in [0.05, 0.1) is 11.0 Å². The number of aliphatic hydroxyl groups excluding tert-OH is 1. The summed E-state index contributed by atoms with van der Waals surface area (Å²) in [6, 6.07) is 1.83. The summed E-state index contributed by atoms with van der Waals surface area (Å²) in [5, 5.41) is 21.6. The van der Waals surface area contributed by atoms with Gasteiger partial charge in [0.15, 0.2) is 5.00 Å². The maximum absolute atomic E-state index is 11.2. The molecule has 1 aromatic rings. The minimum absolute atomic E-state index is 0.108. The smallest absolute Gasteiger partial charge is 0.304 e. The Balaban J connectivity index is 2.18. The predicted octanol–water partition coefficient (Wildman–Crippen LogP) is 2.63. The Morgan fingerprint density at radius 2 is 2.19 bits per heavy atom. The molecule has 7 heteroatoms. The van der Waals surface area contributed by atoms with Gasteiger partial charge in [-0.1, -0.05) is 6.92 Å². The van der Waals surface area contributed by atoms with Gasteiger partial charge in [-0.05, 0) is 26.3 Å². The number of nitrogens with zero attached hydrogens (tertiary/aromatic N) is 3.